The average molecular weight is 417 g/mol. The zero-order valence-corrected chi connectivity index (χ0v) is 17.0. The van der Waals surface area contributed by atoms with Crippen LogP contribution in [0.15, 0.2) is 42.5 Å². The van der Waals surface area contributed by atoms with Crippen LogP contribution in [0.25, 0.3) is 0 Å². The van der Waals surface area contributed by atoms with Crippen molar-refractivity contribution in [3.8, 4) is 0 Å². The van der Waals surface area contributed by atoms with Gasteiger partial charge in [-0.05, 0) is 49.6 Å². The summed E-state index contributed by atoms with van der Waals surface area (Å²) in [4.78, 5) is 38.7. The molecule has 1 saturated heterocycles. The molecule has 1 aliphatic rings. The molecule has 3 rings (SSSR count). The van der Waals surface area contributed by atoms with E-state index in [1.54, 1.807) is 47.4 Å². The van der Waals surface area contributed by atoms with Crippen molar-refractivity contribution in [3.63, 3.8) is 0 Å². The number of piperidine rings is 1. The van der Waals surface area contributed by atoms with Crippen LogP contribution in [0.4, 0.5) is 11.4 Å². The van der Waals surface area contributed by atoms with E-state index in [4.69, 9.17) is 11.5 Å². The molecule has 0 aliphatic carbocycles. The summed E-state index contributed by atoms with van der Waals surface area (Å²) >= 11 is 0. The topological polar surface area (TPSA) is 119 Å². The second kappa shape index (κ2) is 9.43. The molecule has 0 atom stereocenters. The number of nitrogens with zero attached hydrogens (tertiary/aromatic N) is 1. The fraction of sp³-hybridized carbons (Fsp3) is 0.286. The molecular formula is C21H25ClN4O3. The quantitative estimate of drug-likeness (QED) is 0.663. The third kappa shape index (κ3) is 5.06. The van der Waals surface area contributed by atoms with Gasteiger partial charge in [-0.1, -0.05) is 18.2 Å². The van der Waals surface area contributed by atoms with E-state index in [9.17, 15) is 14.4 Å². The number of carbonyl (C=O) groups excluding carboxylic acids is 3. The molecule has 2 aromatic carbocycles. The van der Waals surface area contributed by atoms with Crippen molar-refractivity contribution in [1.82, 2.24) is 4.90 Å². The maximum atomic E-state index is 13.0. The molecule has 0 bridgehead atoms. The maximum absolute atomic E-state index is 13.0. The Balaban J connectivity index is 0.00000300. The Morgan fingerprint density at radius 2 is 1.69 bits per heavy atom. The van der Waals surface area contributed by atoms with E-state index >= 15 is 0 Å². The van der Waals surface area contributed by atoms with Gasteiger partial charge < -0.3 is 21.7 Å². The Bertz CT molecular complexity index is 924. The minimum atomic E-state index is -0.322. The first-order chi connectivity index (χ1) is 13.4. The second-order valence-corrected chi connectivity index (χ2v) is 7.04. The molecule has 2 aromatic rings. The van der Waals surface area contributed by atoms with Crippen LogP contribution in [0, 0.1) is 12.8 Å². The number of rotatable bonds is 4. The van der Waals surface area contributed by atoms with Crippen molar-refractivity contribution in [2.75, 3.05) is 24.1 Å². The lowest BCUT2D eigenvalue weighted by Crippen LogP contribution is -2.42. The van der Waals surface area contributed by atoms with Gasteiger partial charge in [0.2, 0.25) is 5.91 Å². The van der Waals surface area contributed by atoms with E-state index in [2.05, 4.69) is 5.32 Å². The van der Waals surface area contributed by atoms with Gasteiger partial charge in [0.05, 0.1) is 11.3 Å². The highest BCUT2D eigenvalue weighted by atomic mass is 35.5. The second-order valence-electron chi connectivity index (χ2n) is 7.04. The van der Waals surface area contributed by atoms with Crippen LogP contribution in [0.1, 0.15) is 39.1 Å². The molecule has 0 radical (unpaired) electrons. The summed E-state index contributed by atoms with van der Waals surface area (Å²) in [6.07, 6.45) is 1.11. The smallest absolute Gasteiger partial charge is 0.256 e. The fourth-order valence-corrected chi connectivity index (χ4v) is 3.39. The molecular weight excluding hydrogens is 392 g/mol. The largest absolute Gasteiger partial charge is 0.399 e. The maximum Gasteiger partial charge on any atom is 0.256 e. The number of anilines is 2. The number of amides is 3. The number of nitrogens with one attached hydrogen (secondary N) is 1. The number of halogens is 1. The van der Waals surface area contributed by atoms with E-state index in [0.29, 0.717) is 48.4 Å². The number of hydrogen-bond donors (Lipinski definition) is 3. The molecule has 5 N–H and O–H groups in total. The van der Waals surface area contributed by atoms with Crippen LogP contribution < -0.4 is 16.8 Å². The molecule has 1 fully saturated rings. The standard InChI is InChI=1S/C21H24N4O3.ClH/c1-13-6-7-15(22)12-17(13)20(27)24-18-5-3-2-4-16(18)21(28)25-10-8-14(9-11-25)19(23)26;/h2-7,12,14H,8-11,22H2,1H3,(H2,23,26)(H,24,27);1H. The zero-order valence-electron chi connectivity index (χ0n) is 16.2. The van der Waals surface area contributed by atoms with Gasteiger partial charge in [-0.15, -0.1) is 12.4 Å². The number of likely N-dealkylation sites (tertiary alicyclic amines) is 1. The minimum absolute atomic E-state index is 0. The van der Waals surface area contributed by atoms with E-state index in [-0.39, 0.29) is 36.0 Å². The van der Waals surface area contributed by atoms with Gasteiger partial charge in [0, 0.05) is 30.3 Å². The predicted molar refractivity (Wildman–Crippen MR) is 115 cm³/mol. The molecule has 0 spiro atoms. The Kier molecular flexibility index (Phi) is 7.23. The van der Waals surface area contributed by atoms with Gasteiger partial charge in [-0.3, -0.25) is 14.4 Å². The van der Waals surface area contributed by atoms with Crippen molar-refractivity contribution in [2.24, 2.45) is 11.7 Å². The highest BCUT2D eigenvalue weighted by molar-refractivity contribution is 6.10. The molecule has 0 unspecified atom stereocenters. The van der Waals surface area contributed by atoms with Crippen molar-refractivity contribution in [3.05, 3.63) is 59.2 Å². The summed E-state index contributed by atoms with van der Waals surface area (Å²) in [6.45, 7) is 2.75. The lowest BCUT2D eigenvalue weighted by Gasteiger charge is -2.31. The predicted octanol–water partition coefficient (Wildman–Crippen LogP) is 2.59. The molecule has 7 nitrogen and oxygen atoms in total. The first kappa shape index (κ1) is 22.2. The molecule has 0 saturated carbocycles. The van der Waals surface area contributed by atoms with Crippen LogP contribution in [-0.4, -0.2) is 35.7 Å². The lowest BCUT2D eigenvalue weighted by molar-refractivity contribution is -0.123. The van der Waals surface area contributed by atoms with Gasteiger partial charge >= 0.3 is 0 Å². The van der Waals surface area contributed by atoms with Crippen LogP contribution in [-0.2, 0) is 4.79 Å². The SMILES string of the molecule is Cc1ccc(N)cc1C(=O)Nc1ccccc1C(=O)N1CCC(C(N)=O)CC1.Cl. The van der Waals surface area contributed by atoms with E-state index < -0.39 is 0 Å². The fourth-order valence-electron chi connectivity index (χ4n) is 3.39. The normalized spacial score (nSPS) is 14.0. The number of hydrogen-bond acceptors (Lipinski definition) is 4. The Morgan fingerprint density at radius 1 is 1.03 bits per heavy atom. The number of nitrogens with two attached hydrogens (primary N) is 2. The third-order valence-corrected chi connectivity index (χ3v) is 5.10. The first-order valence-corrected chi connectivity index (χ1v) is 9.22. The zero-order chi connectivity index (χ0) is 20.3. The van der Waals surface area contributed by atoms with Gasteiger partial charge in [0.25, 0.3) is 11.8 Å². The van der Waals surface area contributed by atoms with Crippen LogP contribution in [0.2, 0.25) is 0 Å². The lowest BCUT2D eigenvalue weighted by atomic mass is 9.95. The summed E-state index contributed by atoms with van der Waals surface area (Å²) < 4.78 is 0. The Hall–Kier alpha value is -3.06. The molecule has 1 aliphatic heterocycles. The molecule has 8 heteroatoms. The van der Waals surface area contributed by atoms with Crippen molar-refractivity contribution in [2.45, 2.75) is 19.8 Å². The molecule has 0 aromatic heterocycles. The molecule has 29 heavy (non-hydrogen) atoms. The molecule has 154 valence electrons. The monoisotopic (exact) mass is 416 g/mol. The molecule has 1 heterocycles. The first-order valence-electron chi connectivity index (χ1n) is 9.22. The number of aryl methyl sites for hydroxylation is 1. The summed E-state index contributed by atoms with van der Waals surface area (Å²) in [5.74, 6) is -1.01. The van der Waals surface area contributed by atoms with Crippen molar-refractivity contribution >= 4 is 41.5 Å². The molecule has 3 amide bonds. The third-order valence-electron chi connectivity index (χ3n) is 5.10. The van der Waals surface area contributed by atoms with Crippen molar-refractivity contribution in [1.29, 1.82) is 0 Å². The van der Waals surface area contributed by atoms with E-state index in [1.807, 2.05) is 6.92 Å². The summed E-state index contributed by atoms with van der Waals surface area (Å²) in [6, 6.07) is 12.0. The Morgan fingerprint density at radius 3 is 2.34 bits per heavy atom. The average Bonchev–Trinajstić information content (AvgIpc) is 2.69. The van der Waals surface area contributed by atoms with Gasteiger partial charge in [-0.25, -0.2) is 0 Å². The van der Waals surface area contributed by atoms with Crippen LogP contribution in [0.5, 0.6) is 0 Å². The number of nitrogen functional groups attached to an aromatic ring is 1. The van der Waals surface area contributed by atoms with Gasteiger partial charge in [0.1, 0.15) is 0 Å². The van der Waals surface area contributed by atoms with E-state index in [1.165, 1.54) is 0 Å². The van der Waals surface area contributed by atoms with Crippen LogP contribution >= 0.6 is 12.4 Å². The van der Waals surface area contributed by atoms with Gasteiger partial charge in [-0.2, -0.15) is 0 Å². The minimum Gasteiger partial charge on any atom is -0.399 e. The highest BCUT2D eigenvalue weighted by Gasteiger charge is 2.27. The number of primary amides is 1. The highest BCUT2D eigenvalue weighted by Crippen LogP contribution is 2.23. The summed E-state index contributed by atoms with van der Waals surface area (Å²) in [5.41, 5.74) is 13.8. The van der Waals surface area contributed by atoms with E-state index in [0.717, 1.165) is 5.56 Å². The van der Waals surface area contributed by atoms with Crippen molar-refractivity contribution < 1.29 is 14.4 Å². The summed E-state index contributed by atoms with van der Waals surface area (Å²) in [5, 5.41) is 2.83. The number of carbonyl (C=O) groups is 3. The van der Waals surface area contributed by atoms with Gasteiger partial charge in [0.15, 0.2) is 0 Å². The number of benzene rings is 2. The summed E-state index contributed by atoms with van der Waals surface area (Å²) in [7, 11) is 0. The number of para-hydroxylation sites is 1. The van der Waals surface area contributed by atoms with Crippen LogP contribution in [0.3, 0.4) is 0 Å². The Labute approximate surface area is 175 Å².